The fourth-order valence-electron chi connectivity index (χ4n) is 2.23. The highest BCUT2D eigenvalue weighted by Gasteiger charge is 2.29. The van der Waals surface area contributed by atoms with E-state index in [4.69, 9.17) is 0 Å². The van der Waals surface area contributed by atoms with Crippen molar-refractivity contribution in [3.05, 3.63) is 59.9 Å². The molecule has 0 aliphatic heterocycles. The number of hydrogen-bond acceptors (Lipinski definition) is 1. The topological polar surface area (TPSA) is 41.4 Å². The number of nitrogens with zero attached hydrogens (tertiary/aromatic N) is 2. The lowest BCUT2D eigenvalue weighted by atomic mass is 10.1. The normalized spacial score (nSPS) is 12.2. The van der Waals surface area contributed by atoms with Crippen molar-refractivity contribution >= 4 is 5.96 Å². The Kier molecular flexibility index (Phi) is 6.28. The number of benzene rings is 1. The molecule has 1 aromatic carbocycles. The first-order chi connectivity index (χ1) is 11.5. The molecule has 2 rings (SSSR count). The summed E-state index contributed by atoms with van der Waals surface area (Å²) in [7, 11) is 1.68. The van der Waals surface area contributed by atoms with E-state index in [2.05, 4.69) is 20.2 Å². The van der Waals surface area contributed by atoms with Gasteiger partial charge in [0.2, 0.25) is 0 Å². The minimum Gasteiger partial charge on any atom is -0.356 e. The van der Waals surface area contributed by atoms with E-state index in [9.17, 15) is 13.2 Å². The zero-order valence-electron chi connectivity index (χ0n) is 13.5. The molecule has 0 amide bonds. The van der Waals surface area contributed by atoms with Crippen LogP contribution in [0, 0.1) is 0 Å². The van der Waals surface area contributed by atoms with Crippen LogP contribution in [-0.4, -0.2) is 30.7 Å². The summed E-state index contributed by atoms with van der Waals surface area (Å²) in [5.41, 5.74) is 0.222. The summed E-state index contributed by atoms with van der Waals surface area (Å²) in [4.78, 5) is 4.12. The van der Waals surface area contributed by atoms with Crippen LogP contribution in [0.4, 0.5) is 13.2 Å². The molecule has 0 fully saturated rings. The van der Waals surface area contributed by atoms with Gasteiger partial charge in [0.05, 0.1) is 5.56 Å². The van der Waals surface area contributed by atoms with E-state index >= 15 is 0 Å². The average molecular weight is 338 g/mol. The molecule has 130 valence electrons. The van der Waals surface area contributed by atoms with Crippen LogP contribution in [0.2, 0.25) is 0 Å². The zero-order chi connectivity index (χ0) is 17.4. The summed E-state index contributed by atoms with van der Waals surface area (Å²) in [6.07, 6.45) is 0.309. The van der Waals surface area contributed by atoms with Crippen LogP contribution in [0.25, 0.3) is 0 Å². The maximum atomic E-state index is 12.5. The van der Waals surface area contributed by atoms with Gasteiger partial charge in [-0.25, -0.2) is 0 Å². The molecule has 2 aromatic rings. The van der Waals surface area contributed by atoms with E-state index in [0.29, 0.717) is 18.9 Å². The van der Waals surface area contributed by atoms with Crippen molar-refractivity contribution in [1.29, 1.82) is 0 Å². The number of nitrogens with one attached hydrogen (secondary N) is 2. The van der Waals surface area contributed by atoms with E-state index < -0.39 is 11.7 Å². The van der Waals surface area contributed by atoms with E-state index in [-0.39, 0.29) is 0 Å². The molecular formula is C17H21F3N4. The molecule has 0 unspecified atom stereocenters. The lowest BCUT2D eigenvalue weighted by Gasteiger charge is -2.12. The highest BCUT2D eigenvalue weighted by Crippen LogP contribution is 2.29. The monoisotopic (exact) mass is 338 g/mol. The van der Waals surface area contributed by atoms with E-state index in [1.54, 1.807) is 7.05 Å². The van der Waals surface area contributed by atoms with Gasteiger partial charge in [-0.2, -0.15) is 13.2 Å². The molecule has 0 saturated heterocycles. The zero-order valence-corrected chi connectivity index (χ0v) is 13.5. The summed E-state index contributed by atoms with van der Waals surface area (Å²) in [6.45, 7) is 2.15. The van der Waals surface area contributed by atoms with Crippen LogP contribution in [0.5, 0.6) is 0 Å². The predicted molar refractivity (Wildman–Crippen MR) is 88.9 cm³/mol. The third kappa shape index (κ3) is 5.64. The van der Waals surface area contributed by atoms with Crippen molar-refractivity contribution in [2.75, 3.05) is 20.1 Å². The Morgan fingerprint density at radius 1 is 1.04 bits per heavy atom. The summed E-state index contributed by atoms with van der Waals surface area (Å²) in [6, 6.07) is 9.17. The minimum absolute atomic E-state index is 0.592. The number of rotatable bonds is 6. The molecule has 1 aromatic heterocycles. The molecule has 0 spiro atoms. The number of aromatic nitrogens is 1. The predicted octanol–water partition coefficient (Wildman–Crippen LogP) is 2.91. The Morgan fingerprint density at radius 3 is 2.25 bits per heavy atom. The van der Waals surface area contributed by atoms with Crippen LogP contribution >= 0.6 is 0 Å². The molecule has 0 atom stereocenters. The van der Waals surface area contributed by atoms with E-state index in [1.807, 2.05) is 24.5 Å². The second kappa shape index (κ2) is 8.42. The number of hydrogen-bond donors (Lipinski definition) is 2. The van der Waals surface area contributed by atoms with Gasteiger partial charge in [-0.15, -0.1) is 0 Å². The van der Waals surface area contributed by atoms with Gasteiger partial charge in [-0.3, -0.25) is 4.99 Å². The van der Waals surface area contributed by atoms with Gasteiger partial charge in [-0.1, -0.05) is 12.1 Å². The van der Waals surface area contributed by atoms with Crippen LogP contribution in [-0.2, 0) is 19.1 Å². The number of aliphatic imine (C=N–C) groups is 1. The van der Waals surface area contributed by atoms with Gasteiger partial charge in [0, 0.05) is 39.1 Å². The molecule has 1 heterocycles. The van der Waals surface area contributed by atoms with Crippen molar-refractivity contribution in [1.82, 2.24) is 15.2 Å². The Hall–Kier alpha value is -2.44. The number of halogens is 3. The summed E-state index contributed by atoms with van der Waals surface area (Å²) < 4.78 is 39.6. The SMILES string of the molecule is CN=C(NCCc1ccc(C(F)(F)F)cc1)NCCn1cccc1. The van der Waals surface area contributed by atoms with Gasteiger partial charge in [0.15, 0.2) is 5.96 Å². The highest BCUT2D eigenvalue weighted by atomic mass is 19.4. The average Bonchev–Trinajstić information content (AvgIpc) is 3.06. The summed E-state index contributed by atoms with van der Waals surface area (Å²) in [5.74, 6) is 0.675. The molecule has 24 heavy (non-hydrogen) atoms. The minimum atomic E-state index is -4.29. The molecule has 4 nitrogen and oxygen atoms in total. The van der Waals surface area contributed by atoms with Crippen molar-refractivity contribution in [2.24, 2.45) is 4.99 Å². The maximum absolute atomic E-state index is 12.5. The second-order valence-electron chi connectivity index (χ2n) is 5.29. The standard InChI is InChI=1S/C17H21F3N4/c1-21-16(23-10-13-24-11-2-3-12-24)22-9-8-14-4-6-15(7-5-14)17(18,19)20/h2-7,11-12H,8-10,13H2,1H3,(H2,21,22,23). The molecule has 0 bridgehead atoms. The van der Waals surface area contributed by atoms with Gasteiger partial charge >= 0.3 is 6.18 Å². The molecule has 0 saturated carbocycles. The van der Waals surface area contributed by atoms with Crippen molar-refractivity contribution in [3.63, 3.8) is 0 Å². The smallest absolute Gasteiger partial charge is 0.356 e. The lowest BCUT2D eigenvalue weighted by molar-refractivity contribution is -0.137. The number of guanidine groups is 1. The van der Waals surface area contributed by atoms with Crippen LogP contribution in [0.3, 0.4) is 0 Å². The second-order valence-corrected chi connectivity index (χ2v) is 5.29. The first-order valence-electron chi connectivity index (χ1n) is 7.70. The third-order valence-electron chi connectivity index (χ3n) is 3.54. The molecular weight excluding hydrogens is 317 g/mol. The van der Waals surface area contributed by atoms with Crippen LogP contribution in [0.15, 0.2) is 53.8 Å². The van der Waals surface area contributed by atoms with Gasteiger partial charge < -0.3 is 15.2 Å². The highest BCUT2D eigenvalue weighted by molar-refractivity contribution is 5.79. The molecule has 2 N–H and O–H groups in total. The van der Waals surface area contributed by atoms with Crippen LogP contribution in [0.1, 0.15) is 11.1 Å². The summed E-state index contributed by atoms with van der Waals surface area (Å²) >= 11 is 0. The van der Waals surface area contributed by atoms with Gasteiger partial charge in [0.25, 0.3) is 0 Å². The number of alkyl halides is 3. The lowest BCUT2D eigenvalue weighted by Crippen LogP contribution is -2.39. The molecule has 0 aliphatic rings. The third-order valence-corrected chi connectivity index (χ3v) is 3.54. The van der Waals surface area contributed by atoms with Crippen LogP contribution < -0.4 is 10.6 Å². The fraction of sp³-hybridized carbons (Fsp3) is 0.353. The first kappa shape index (κ1) is 17.9. The maximum Gasteiger partial charge on any atom is 0.416 e. The molecule has 0 radical (unpaired) electrons. The Morgan fingerprint density at radius 2 is 1.67 bits per heavy atom. The van der Waals surface area contributed by atoms with E-state index in [0.717, 1.165) is 30.8 Å². The Bertz CT molecular complexity index is 631. The summed E-state index contributed by atoms with van der Waals surface area (Å²) in [5, 5.41) is 6.34. The van der Waals surface area contributed by atoms with Crippen molar-refractivity contribution < 1.29 is 13.2 Å². The van der Waals surface area contributed by atoms with E-state index in [1.165, 1.54) is 12.1 Å². The van der Waals surface area contributed by atoms with Gasteiger partial charge in [-0.05, 0) is 36.2 Å². The Balaban J connectivity index is 1.71. The Labute approximate surface area is 139 Å². The first-order valence-corrected chi connectivity index (χ1v) is 7.70. The molecule has 0 aliphatic carbocycles. The van der Waals surface area contributed by atoms with Gasteiger partial charge in [0.1, 0.15) is 0 Å². The van der Waals surface area contributed by atoms with Crippen molar-refractivity contribution in [2.45, 2.75) is 19.1 Å². The molecule has 7 heteroatoms. The van der Waals surface area contributed by atoms with Crippen molar-refractivity contribution in [3.8, 4) is 0 Å². The largest absolute Gasteiger partial charge is 0.416 e. The fourth-order valence-corrected chi connectivity index (χ4v) is 2.23. The quantitative estimate of drug-likeness (QED) is 0.628.